The number of carbonyl (C=O) groups excluding carboxylic acids is 1. The molecule has 2 rings (SSSR count). The lowest BCUT2D eigenvalue weighted by Crippen LogP contribution is -2.41. The SMILES string of the molecule is COC1CNC(C(=O)N[C@@H](C)c2ccccc2Cl)C1. The van der Waals surface area contributed by atoms with Gasteiger partial charge in [0.1, 0.15) is 0 Å². The van der Waals surface area contributed by atoms with E-state index in [9.17, 15) is 4.79 Å². The zero-order valence-corrected chi connectivity index (χ0v) is 11.9. The first-order chi connectivity index (χ1) is 9.11. The predicted molar refractivity (Wildman–Crippen MR) is 75.2 cm³/mol. The van der Waals surface area contributed by atoms with Crippen molar-refractivity contribution >= 4 is 17.5 Å². The Morgan fingerprint density at radius 1 is 1.53 bits per heavy atom. The molecule has 2 unspecified atom stereocenters. The Morgan fingerprint density at radius 2 is 2.26 bits per heavy atom. The predicted octanol–water partition coefficient (Wildman–Crippen LogP) is 1.89. The molecule has 0 aliphatic carbocycles. The minimum atomic E-state index is -0.185. The first-order valence-electron chi connectivity index (χ1n) is 6.42. The molecular weight excluding hydrogens is 264 g/mol. The molecule has 1 heterocycles. The number of carbonyl (C=O) groups is 1. The average Bonchev–Trinajstić information content (AvgIpc) is 2.88. The number of benzene rings is 1. The van der Waals surface area contributed by atoms with Crippen LogP contribution in [-0.4, -0.2) is 31.7 Å². The molecule has 0 aromatic heterocycles. The van der Waals surface area contributed by atoms with E-state index in [0.717, 1.165) is 12.1 Å². The van der Waals surface area contributed by atoms with Crippen LogP contribution >= 0.6 is 11.6 Å². The molecule has 0 radical (unpaired) electrons. The molecule has 2 N–H and O–H groups in total. The van der Waals surface area contributed by atoms with Crippen molar-refractivity contribution in [3.05, 3.63) is 34.9 Å². The van der Waals surface area contributed by atoms with Crippen LogP contribution in [0.2, 0.25) is 5.02 Å². The largest absolute Gasteiger partial charge is 0.380 e. The highest BCUT2D eigenvalue weighted by molar-refractivity contribution is 6.31. The Kier molecular flexibility index (Phi) is 4.80. The number of nitrogens with one attached hydrogen (secondary N) is 2. The highest BCUT2D eigenvalue weighted by atomic mass is 35.5. The summed E-state index contributed by atoms with van der Waals surface area (Å²) in [6.07, 6.45) is 0.823. The topological polar surface area (TPSA) is 50.4 Å². The summed E-state index contributed by atoms with van der Waals surface area (Å²) in [6.45, 7) is 2.65. The monoisotopic (exact) mass is 282 g/mol. The number of amides is 1. The number of ether oxygens (including phenoxy) is 1. The standard InChI is InChI=1S/C14H19ClN2O2/c1-9(11-5-3-4-6-12(11)15)17-14(18)13-7-10(19-2)8-16-13/h3-6,9-10,13,16H,7-8H2,1-2H3,(H,17,18)/t9-,10?,13?/m0/s1. The van der Waals surface area contributed by atoms with Gasteiger partial charge in [-0.25, -0.2) is 0 Å². The fourth-order valence-electron chi connectivity index (χ4n) is 2.30. The van der Waals surface area contributed by atoms with E-state index in [4.69, 9.17) is 16.3 Å². The maximum atomic E-state index is 12.1. The van der Waals surface area contributed by atoms with E-state index in [1.165, 1.54) is 0 Å². The molecule has 1 aromatic carbocycles. The second-order valence-corrected chi connectivity index (χ2v) is 5.21. The molecule has 1 aliphatic rings. The Balaban J connectivity index is 1.94. The van der Waals surface area contributed by atoms with Crippen molar-refractivity contribution in [1.29, 1.82) is 0 Å². The lowest BCUT2D eigenvalue weighted by atomic mass is 10.1. The second kappa shape index (κ2) is 6.37. The average molecular weight is 283 g/mol. The van der Waals surface area contributed by atoms with Crippen LogP contribution in [0.25, 0.3) is 0 Å². The molecule has 1 fully saturated rings. The van der Waals surface area contributed by atoms with Gasteiger partial charge in [-0.15, -0.1) is 0 Å². The van der Waals surface area contributed by atoms with Crippen LogP contribution in [0.1, 0.15) is 24.9 Å². The Bertz CT molecular complexity index is 453. The summed E-state index contributed by atoms with van der Waals surface area (Å²) in [4.78, 5) is 12.1. The van der Waals surface area contributed by atoms with Gasteiger partial charge in [0, 0.05) is 18.7 Å². The molecule has 1 amide bonds. The molecule has 0 bridgehead atoms. The number of halogens is 1. The quantitative estimate of drug-likeness (QED) is 0.887. The van der Waals surface area contributed by atoms with E-state index in [0.29, 0.717) is 11.4 Å². The zero-order valence-electron chi connectivity index (χ0n) is 11.2. The second-order valence-electron chi connectivity index (χ2n) is 4.81. The van der Waals surface area contributed by atoms with E-state index in [2.05, 4.69) is 10.6 Å². The van der Waals surface area contributed by atoms with Crippen LogP contribution in [0.5, 0.6) is 0 Å². The van der Waals surface area contributed by atoms with Crippen molar-refractivity contribution in [3.8, 4) is 0 Å². The molecule has 0 spiro atoms. The van der Waals surface area contributed by atoms with E-state index in [1.54, 1.807) is 7.11 Å². The van der Waals surface area contributed by atoms with Crippen molar-refractivity contribution < 1.29 is 9.53 Å². The summed E-state index contributed by atoms with van der Waals surface area (Å²) in [6, 6.07) is 7.25. The Morgan fingerprint density at radius 3 is 2.89 bits per heavy atom. The van der Waals surface area contributed by atoms with Crippen LogP contribution in [0.4, 0.5) is 0 Å². The van der Waals surface area contributed by atoms with Crippen molar-refractivity contribution in [2.24, 2.45) is 0 Å². The summed E-state index contributed by atoms with van der Waals surface area (Å²) in [5, 5.41) is 6.81. The van der Waals surface area contributed by atoms with Crippen LogP contribution in [-0.2, 0) is 9.53 Å². The molecule has 1 saturated heterocycles. The molecule has 4 nitrogen and oxygen atoms in total. The van der Waals surface area contributed by atoms with Gasteiger partial charge in [-0.05, 0) is 25.0 Å². The summed E-state index contributed by atoms with van der Waals surface area (Å²) >= 11 is 6.12. The third-order valence-corrected chi connectivity index (χ3v) is 3.82. The van der Waals surface area contributed by atoms with E-state index < -0.39 is 0 Å². The van der Waals surface area contributed by atoms with Crippen LogP contribution < -0.4 is 10.6 Å². The molecule has 1 aromatic rings. The third-order valence-electron chi connectivity index (χ3n) is 3.47. The Labute approximate surface area is 118 Å². The highest BCUT2D eigenvalue weighted by Gasteiger charge is 2.30. The first kappa shape index (κ1) is 14.3. The summed E-state index contributed by atoms with van der Waals surface area (Å²) in [5.74, 6) is -0.00744. The van der Waals surface area contributed by atoms with Gasteiger partial charge in [0.15, 0.2) is 0 Å². The smallest absolute Gasteiger partial charge is 0.237 e. The number of hydrogen-bond donors (Lipinski definition) is 2. The van der Waals surface area contributed by atoms with E-state index in [1.807, 2.05) is 31.2 Å². The molecule has 5 heteroatoms. The molecule has 3 atom stereocenters. The van der Waals surface area contributed by atoms with Crippen molar-refractivity contribution in [2.45, 2.75) is 31.5 Å². The molecule has 104 valence electrons. The van der Waals surface area contributed by atoms with Crippen molar-refractivity contribution in [3.63, 3.8) is 0 Å². The molecule has 19 heavy (non-hydrogen) atoms. The van der Waals surface area contributed by atoms with Gasteiger partial charge in [0.05, 0.1) is 18.2 Å². The van der Waals surface area contributed by atoms with Gasteiger partial charge in [-0.3, -0.25) is 4.79 Å². The van der Waals surface area contributed by atoms with Crippen LogP contribution in [0.3, 0.4) is 0 Å². The summed E-state index contributed by atoms with van der Waals surface area (Å²) in [7, 11) is 1.67. The van der Waals surface area contributed by atoms with Gasteiger partial charge in [-0.2, -0.15) is 0 Å². The van der Waals surface area contributed by atoms with Gasteiger partial charge < -0.3 is 15.4 Å². The fourth-order valence-corrected chi connectivity index (χ4v) is 2.60. The van der Waals surface area contributed by atoms with Gasteiger partial charge >= 0.3 is 0 Å². The maximum absolute atomic E-state index is 12.1. The molecule has 0 saturated carbocycles. The van der Waals surface area contributed by atoms with Gasteiger partial charge in [-0.1, -0.05) is 29.8 Å². The van der Waals surface area contributed by atoms with Crippen LogP contribution in [0.15, 0.2) is 24.3 Å². The Hall–Kier alpha value is -1.10. The number of methoxy groups -OCH3 is 1. The number of hydrogen-bond acceptors (Lipinski definition) is 3. The summed E-state index contributed by atoms with van der Waals surface area (Å²) < 4.78 is 5.24. The van der Waals surface area contributed by atoms with Gasteiger partial charge in [0.25, 0.3) is 0 Å². The molecule has 1 aliphatic heterocycles. The zero-order chi connectivity index (χ0) is 13.8. The maximum Gasteiger partial charge on any atom is 0.237 e. The van der Waals surface area contributed by atoms with Gasteiger partial charge in [0.2, 0.25) is 5.91 Å². The number of rotatable bonds is 4. The molecular formula is C14H19ClN2O2. The van der Waals surface area contributed by atoms with Crippen molar-refractivity contribution in [1.82, 2.24) is 10.6 Å². The van der Waals surface area contributed by atoms with E-state index in [-0.39, 0.29) is 24.1 Å². The van der Waals surface area contributed by atoms with Crippen LogP contribution in [0, 0.1) is 0 Å². The minimum Gasteiger partial charge on any atom is -0.380 e. The fraction of sp³-hybridized carbons (Fsp3) is 0.500. The highest BCUT2D eigenvalue weighted by Crippen LogP contribution is 2.22. The van der Waals surface area contributed by atoms with Crippen molar-refractivity contribution in [2.75, 3.05) is 13.7 Å². The minimum absolute atomic E-state index is 0.00744. The van der Waals surface area contributed by atoms with E-state index >= 15 is 0 Å². The normalized spacial score (nSPS) is 24.2. The lowest BCUT2D eigenvalue weighted by molar-refractivity contribution is -0.123. The lowest BCUT2D eigenvalue weighted by Gasteiger charge is -2.18. The first-order valence-corrected chi connectivity index (χ1v) is 6.80. The third kappa shape index (κ3) is 3.47. The summed E-state index contributed by atoms with van der Waals surface area (Å²) in [5.41, 5.74) is 0.929.